The van der Waals surface area contributed by atoms with Gasteiger partial charge in [-0.1, -0.05) is 140 Å². The van der Waals surface area contributed by atoms with Crippen LogP contribution in [-0.4, -0.2) is 0 Å². The Morgan fingerprint density at radius 1 is 0.241 bits per heavy atom. The highest BCUT2D eigenvalue weighted by Gasteiger charge is 2.20. The van der Waals surface area contributed by atoms with E-state index in [2.05, 4.69) is 170 Å². The molecule has 0 radical (unpaired) electrons. The Kier molecular flexibility index (Phi) is 6.09. The van der Waals surface area contributed by atoms with Crippen LogP contribution in [0.1, 0.15) is 0 Å². The minimum atomic E-state index is 0.878. The molecule has 0 unspecified atom stereocenters. The first-order valence-corrected chi connectivity index (χ1v) is 18.5. The highest BCUT2D eigenvalue weighted by atomic mass is 16.3. The summed E-state index contributed by atoms with van der Waals surface area (Å²) in [6.45, 7) is 0. The Hall–Kier alpha value is -7.16. The van der Waals surface area contributed by atoms with E-state index < -0.39 is 0 Å². The van der Waals surface area contributed by atoms with Crippen molar-refractivity contribution in [2.24, 2.45) is 0 Å². The van der Waals surface area contributed by atoms with Gasteiger partial charge in [-0.3, -0.25) is 0 Å². The summed E-state index contributed by atoms with van der Waals surface area (Å²) in [5, 5.41) is 14.3. The van der Waals surface area contributed by atoms with Gasteiger partial charge in [0.1, 0.15) is 22.3 Å². The molecule has 0 saturated heterocycles. The highest BCUT2D eigenvalue weighted by Crippen LogP contribution is 2.47. The van der Waals surface area contributed by atoms with Crippen molar-refractivity contribution >= 4 is 87.0 Å². The molecule has 0 aliphatic carbocycles. The van der Waals surface area contributed by atoms with E-state index in [1.807, 2.05) is 12.1 Å². The number of rotatable bonds is 3. The molecule has 10 aromatic carbocycles. The van der Waals surface area contributed by atoms with E-state index in [1.54, 1.807) is 0 Å². The Labute approximate surface area is 310 Å². The predicted molar refractivity (Wildman–Crippen MR) is 227 cm³/mol. The summed E-state index contributed by atoms with van der Waals surface area (Å²) in [6.07, 6.45) is 0. The van der Waals surface area contributed by atoms with Crippen LogP contribution in [0, 0.1) is 0 Å². The van der Waals surface area contributed by atoms with Gasteiger partial charge >= 0.3 is 0 Å². The van der Waals surface area contributed by atoms with Gasteiger partial charge in [0.25, 0.3) is 0 Å². The Bertz CT molecular complexity index is 3430. The van der Waals surface area contributed by atoms with Crippen LogP contribution in [-0.2, 0) is 0 Å². The van der Waals surface area contributed by atoms with Crippen LogP contribution in [0.15, 0.2) is 191 Å². The lowest BCUT2D eigenvalue weighted by Crippen LogP contribution is -1.92. The second-order valence-corrected chi connectivity index (χ2v) is 14.4. The fourth-order valence-corrected chi connectivity index (χ4v) is 9.01. The molecule has 54 heavy (non-hydrogen) atoms. The average Bonchev–Trinajstić information content (AvgIpc) is 3.77. The van der Waals surface area contributed by atoms with Crippen LogP contribution in [0.5, 0.6) is 0 Å². The maximum Gasteiger partial charge on any atom is 0.136 e. The molecule has 0 fully saturated rings. The fourth-order valence-electron chi connectivity index (χ4n) is 9.01. The van der Waals surface area contributed by atoms with Crippen molar-refractivity contribution in [3.05, 3.63) is 182 Å². The maximum atomic E-state index is 6.48. The SMILES string of the molecule is c1ccc(-c2c3ccccc3c(-c3ccc(-c4ccc5oc6cc7cc8oc9ccccc9c8cc7cc6c5c4)c4ccccc34)c3ccccc23)cc1. The third kappa shape index (κ3) is 4.22. The number of furan rings is 2. The zero-order valence-electron chi connectivity index (χ0n) is 29.1. The van der Waals surface area contributed by atoms with Gasteiger partial charge in [-0.05, 0) is 119 Å². The van der Waals surface area contributed by atoms with Crippen LogP contribution in [0.3, 0.4) is 0 Å². The Balaban J connectivity index is 1.07. The summed E-state index contributed by atoms with van der Waals surface area (Å²) in [4.78, 5) is 0. The minimum absolute atomic E-state index is 0.878. The van der Waals surface area contributed by atoms with Gasteiger partial charge in [0, 0.05) is 21.5 Å². The number of hydrogen-bond donors (Lipinski definition) is 0. The number of para-hydroxylation sites is 1. The van der Waals surface area contributed by atoms with Crippen LogP contribution in [0.4, 0.5) is 0 Å². The van der Waals surface area contributed by atoms with Crippen molar-refractivity contribution in [1.29, 1.82) is 0 Å². The smallest absolute Gasteiger partial charge is 0.136 e. The van der Waals surface area contributed by atoms with Gasteiger partial charge in [0.2, 0.25) is 0 Å². The van der Waals surface area contributed by atoms with Gasteiger partial charge < -0.3 is 8.83 Å². The lowest BCUT2D eigenvalue weighted by molar-refractivity contribution is 0.668. The van der Waals surface area contributed by atoms with Crippen LogP contribution in [0.2, 0.25) is 0 Å². The number of fused-ring (bicyclic) bond motifs is 10. The molecule has 0 bridgehead atoms. The van der Waals surface area contributed by atoms with E-state index in [-0.39, 0.29) is 0 Å². The van der Waals surface area contributed by atoms with E-state index in [4.69, 9.17) is 8.83 Å². The molecular formula is C52H30O2. The van der Waals surface area contributed by atoms with E-state index in [9.17, 15) is 0 Å². The summed E-state index contributed by atoms with van der Waals surface area (Å²) in [7, 11) is 0. The Morgan fingerprint density at radius 2 is 0.704 bits per heavy atom. The van der Waals surface area contributed by atoms with Gasteiger partial charge in [-0.15, -0.1) is 0 Å². The van der Waals surface area contributed by atoms with E-state index in [1.165, 1.54) is 71.1 Å². The molecule has 0 saturated carbocycles. The zero-order chi connectivity index (χ0) is 35.3. The largest absolute Gasteiger partial charge is 0.456 e. The minimum Gasteiger partial charge on any atom is -0.456 e. The molecular weight excluding hydrogens is 657 g/mol. The quantitative estimate of drug-likeness (QED) is 0.173. The van der Waals surface area contributed by atoms with E-state index in [0.717, 1.165) is 49.3 Å². The van der Waals surface area contributed by atoms with Gasteiger partial charge in [-0.2, -0.15) is 0 Å². The molecule has 2 heterocycles. The van der Waals surface area contributed by atoms with Gasteiger partial charge in [-0.25, -0.2) is 0 Å². The number of hydrogen-bond acceptors (Lipinski definition) is 2. The van der Waals surface area contributed by atoms with Crippen molar-refractivity contribution in [1.82, 2.24) is 0 Å². The Morgan fingerprint density at radius 3 is 1.37 bits per heavy atom. The molecule has 2 heteroatoms. The van der Waals surface area contributed by atoms with Crippen molar-refractivity contribution in [3.63, 3.8) is 0 Å². The van der Waals surface area contributed by atoms with Gasteiger partial charge in [0.15, 0.2) is 0 Å². The normalized spacial score (nSPS) is 12.1. The summed E-state index contributed by atoms with van der Waals surface area (Å²) in [5.41, 5.74) is 10.9. The standard InChI is InChI=1S/C52H30O2/c1-2-12-31(13-3-1)51-39-17-6-8-19-41(39)52(42-20-9-7-18-40(42)51)43-24-23-35(36-14-4-5-15-37(36)43)32-22-25-48-45(26-32)46-28-33-27-44-38-16-10-11-21-47(38)53-49(44)29-34(33)30-50(46)54-48/h1-30H. The summed E-state index contributed by atoms with van der Waals surface area (Å²) in [6, 6.07) is 65.8. The molecule has 0 amide bonds. The first-order valence-electron chi connectivity index (χ1n) is 18.5. The van der Waals surface area contributed by atoms with Crippen molar-refractivity contribution in [2.75, 3.05) is 0 Å². The van der Waals surface area contributed by atoms with E-state index in [0.29, 0.717) is 0 Å². The third-order valence-corrected chi connectivity index (χ3v) is 11.4. The monoisotopic (exact) mass is 686 g/mol. The summed E-state index contributed by atoms with van der Waals surface area (Å²) in [5.74, 6) is 0. The second-order valence-electron chi connectivity index (χ2n) is 14.4. The predicted octanol–water partition coefficient (Wildman–Crippen LogP) is 15.1. The molecule has 0 aliphatic rings. The number of benzene rings is 10. The lowest BCUT2D eigenvalue weighted by atomic mass is 9.84. The third-order valence-electron chi connectivity index (χ3n) is 11.4. The fraction of sp³-hybridized carbons (Fsp3) is 0. The maximum absolute atomic E-state index is 6.48. The zero-order valence-corrected chi connectivity index (χ0v) is 29.1. The topological polar surface area (TPSA) is 26.3 Å². The first kappa shape index (κ1) is 29.4. The molecule has 12 rings (SSSR count). The van der Waals surface area contributed by atoms with Crippen molar-refractivity contribution < 1.29 is 8.83 Å². The molecule has 250 valence electrons. The van der Waals surface area contributed by atoms with Crippen molar-refractivity contribution in [2.45, 2.75) is 0 Å². The molecule has 2 nitrogen and oxygen atoms in total. The molecule has 0 aliphatic heterocycles. The molecule has 0 N–H and O–H groups in total. The average molecular weight is 687 g/mol. The van der Waals surface area contributed by atoms with Gasteiger partial charge in [0.05, 0.1) is 0 Å². The van der Waals surface area contributed by atoms with Crippen LogP contribution < -0.4 is 0 Å². The van der Waals surface area contributed by atoms with E-state index >= 15 is 0 Å². The lowest BCUT2D eigenvalue weighted by Gasteiger charge is -2.19. The highest BCUT2D eigenvalue weighted by molar-refractivity contribution is 6.24. The molecule has 0 spiro atoms. The van der Waals surface area contributed by atoms with Crippen molar-refractivity contribution in [3.8, 4) is 33.4 Å². The molecule has 12 aromatic rings. The molecule has 0 atom stereocenters. The molecule has 2 aromatic heterocycles. The van der Waals surface area contributed by atoms with Crippen LogP contribution in [0.25, 0.3) is 120 Å². The second kappa shape index (κ2) is 11.2. The van der Waals surface area contributed by atoms with Crippen LogP contribution >= 0.6 is 0 Å². The summed E-state index contributed by atoms with van der Waals surface area (Å²) < 4.78 is 12.7. The first-order chi connectivity index (χ1) is 26.8. The summed E-state index contributed by atoms with van der Waals surface area (Å²) >= 11 is 0.